The number of carbonyl (C=O) groups excluding carboxylic acids is 1. The molecule has 5 nitrogen and oxygen atoms in total. The topological polar surface area (TPSA) is 59.8 Å². The molecular weight excluding hydrogens is 420 g/mol. The second-order valence-electron chi connectivity index (χ2n) is 7.45. The van der Waals surface area contributed by atoms with Gasteiger partial charge in [-0.2, -0.15) is 0 Å². The van der Waals surface area contributed by atoms with Crippen LogP contribution in [0.25, 0.3) is 27.8 Å². The molecule has 0 fully saturated rings. The third-order valence-corrected chi connectivity index (χ3v) is 5.51. The summed E-state index contributed by atoms with van der Waals surface area (Å²) < 4.78 is 1.69. The van der Waals surface area contributed by atoms with Crippen LogP contribution in [0.3, 0.4) is 0 Å². The van der Waals surface area contributed by atoms with Crippen LogP contribution in [-0.2, 0) is 0 Å². The zero-order valence-electron chi connectivity index (χ0n) is 17.3. The predicted octanol–water partition coefficient (Wildman–Crippen LogP) is 6.30. The van der Waals surface area contributed by atoms with E-state index >= 15 is 0 Å². The maximum atomic E-state index is 13.2. The molecule has 0 atom stereocenters. The molecule has 1 heterocycles. The Kier molecular flexibility index (Phi) is 5.17. The number of benzene rings is 4. The highest BCUT2D eigenvalue weighted by Crippen LogP contribution is 2.27. The normalized spacial score (nSPS) is 10.9. The van der Waals surface area contributed by atoms with Gasteiger partial charge in [0.1, 0.15) is 0 Å². The summed E-state index contributed by atoms with van der Waals surface area (Å²) in [7, 11) is 0. The Hall–Kier alpha value is -3.96. The van der Waals surface area contributed by atoms with Crippen LogP contribution in [0.5, 0.6) is 0 Å². The van der Waals surface area contributed by atoms with E-state index in [1.807, 2.05) is 91.9 Å². The second kappa shape index (κ2) is 8.29. The number of fused-ring (bicyclic) bond motifs is 1. The van der Waals surface area contributed by atoms with Crippen molar-refractivity contribution < 1.29 is 4.79 Å². The summed E-state index contributed by atoms with van der Waals surface area (Å²) in [4.78, 5) is 17.8. The largest absolute Gasteiger partial charge is 0.319 e. The number of aromatic nitrogens is 3. The van der Waals surface area contributed by atoms with Gasteiger partial charge in [0.15, 0.2) is 5.82 Å². The van der Waals surface area contributed by atoms with Gasteiger partial charge in [-0.3, -0.25) is 4.79 Å². The van der Waals surface area contributed by atoms with Crippen LogP contribution in [0.15, 0.2) is 91.0 Å². The Bertz CT molecular complexity index is 1450. The molecule has 32 heavy (non-hydrogen) atoms. The lowest BCUT2D eigenvalue weighted by Crippen LogP contribution is -2.14. The fourth-order valence-corrected chi connectivity index (χ4v) is 3.89. The molecule has 0 saturated carbocycles. The van der Waals surface area contributed by atoms with Gasteiger partial charge in [-0.25, -0.2) is 9.67 Å². The fourth-order valence-electron chi connectivity index (χ4n) is 3.70. The van der Waals surface area contributed by atoms with E-state index < -0.39 is 0 Å². The summed E-state index contributed by atoms with van der Waals surface area (Å²) in [6, 6.07) is 28.9. The number of hydrogen-bond acceptors (Lipinski definition) is 3. The van der Waals surface area contributed by atoms with Gasteiger partial charge in [0.2, 0.25) is 5.82 Å². The second-order valence-corrected chi connectivity index (χ2v) is 7.88. The smallest absolute Gasteiger partial charge is 0.295 e. The Morgan fingerprint density at radius 3 is 2.50 bits per heavy atom. The first-order chi connectivity index (χ1) is 15.6. The van der Waals surface area contributed by atoms with Gasteiger partial charge in [0.25, 0.3) is 5.91 Å². The van der Waals surface area contributed by atoms with E-state index in [1.54, 1.807) is 10.7 Å². The van der Waals surface area contributed by atoms with Crippen LogP contribution in [0.1, 0.15) is 16.2 Å². The van der Waals surface area contributed by atoms with E-state index in [9.17, 15) is 4.79 Å². The average Bonchev–Trinajstić information content (AvgIpc) is 3.25. The Morgan fingerprint density at radius 1 is 0.906 bits per heavy atom. The summed E-state index contributed by atoms with van der Waals surface area (Å²) in [6.07, 6.45) is 0. The van der Waals surface area contributed by atoms with Gasteiger partial charge in [-0.15, -0.1) is 5.10 Å². The number of rotatable bonds is 4. The molecule has 6 heteroatoms. The highest BCUT2D eigenvalue weighted by molar-refractivity contribution is 6.30. The van der Waals surface area contributed by atoms with Crippen LogP contribution < -0.4 is 5.32 Å². The lowest BCUT2D eigenvalue weighted by molar-refractivity contribution is 0.101. The lowest BCUT2D eigenvalue weighted by Gasteiger charge is -2.09. The maximum Gasteiger partial charge on any atom is 0.295 e. The third-order valence-electron chi connectivity index (χ3n) is 5.27. The van der Waals surface area contributed by atoms with Crippen molar-refractivity contribution in [3.63, 3.8) is 0 Å². The van der Waals surface area contributed by atoms with Crippen molar-refractivity contribution in [2.45, 2.75) is 6.92 Å². The van der Waals surface area contributed by atoms with Gasteiger partial charge < -0.3 is 5.32 Å². The van der Waals surface area contributed by atoms with Crippen molar-refractivity contribution in [3.05, 3.63) is 107 Å². The number of nitrogens with zero attached hydrogens (tertiary/aromatic N) is 3. The van der Waals surface area contributed by atoms with E-state index in [0.29, 0.717) is 16.5 Å². The van der Waals surface area contributed by atoms with Crippen molar-refractivity contribution in [1.29, 1.82) is 0 Å². The van der Waals surface area contributed by atoms with Crippen molar-refractivity contribution in [3.8, 4) is 17.1 Å². The summed E-state index contributed by atoms with van der Waals surface area (Å²) in [5.41, 5.74) is 3.35. The third kappa shape index (κ3) is 3.74. The van der Waals surface area contributed by atoms with Gasteiger partial charge in [0.05, 0.1) is 5.69 Å². The average molecular weight is 439 g/mol. The first-order valence-corrected chi connectivity index (χ1v) is 10.6. The van der Waals surface area contributed by atoms with Crippen molar-refractivity contribution in [2.24, 2.45) is 0 Å². The highest BCUT2D eigenvalue weighted by Gasteiger charge is 2.20. The van der Waals surface area contributed by atoms with E-state index in [0.717, 1.165) is 27.6 Å². The molecule has 0 spiro atoms. The Balaban J connectivity index is 1.59. The molecule has 1 amide bonds. The predicted molar refractivity (Wildman–Crippen MR) is 128 cm³/mol. The molecule has 0 aliphatic carbocycles. The van der Waals surface area contributed by atoms with E-state index in [2.05, 4.69) is 15.4 Å². The fraction of sp³-hybridized carbons (Fsp3) is 0.0385. The van der Waals surface area contributed by atoms with E-state index in [-0.39, 0.29) is 11.7 Å². The first kappa shape index (κ1) is 20.0. The Labute approximate surface area is 190 Å². The van der Waals surface area contributed by atoms with Crippen LogP contribution in [0.2, 0.25) is 5.02 Å². The number of nitrogens with one attached hydrogen (secondary N) is 1. The van der Waals surface area contributed by atoms with Crippen LogP contribution in [-0.4, -0.2) is 20.7 Å². The summed E-state index contributed by atoms with van der Waals surface area (Å²) in [5.74, 6) is 0.248. The van der Waals surface area contributed by atoms with Gasteiger partial charge in [-0.1, -0.05) is 78.3 Å². The number of carbonyl (C=O) groups is 1. The molecule has 5 aromatic rings. The number of hydrogen-bond donors (Lipinski definition) is 1. The Morgan fingerprint density at radius 2 is 1.66 bits per heavy atom. The highest BCUT2D eigenvalue weighted by atomic mass is 35.5. The molecule has 0 unspecified atom stereocenters. The van der Waals surface area contributed by atoms with Crippen LogP contribution in [0, 0.1) is 6.92 Å². The molecule has 156 valence electrons. The molecule has 1 aromatic heterocycles. The minimum Gasteiger partial charge on any atom is -0.319 e. The monoisotopic (exact) mass is 438 g/mol. The lowest BCUT2D eigenvalue weighted by atomic mass is 10.1. The zero-order valence-corrected chi connectivity index (χ0v) is 18.0. The molecule has 0 aliphatic heterocycles. The minimum atomic E-state index is -0.378. The van der Waals surface area contributed by atoms with Crippen molar-refractivity contribution in [1.82, 2.24) is 14.8 Å². The van der Waals surface area contributed by atoms with Gasteiger partial charge in [0, 0.05) is 21.7 Å². The van der Waals surface area contributed by atoms with E-state index in [1.165, 1.54) is 0 Å². The van der Waals surface area contributed by atoms with E-state index in [4.69, 9.17) is 11.6 Å². The number of para-hydroxylation sites is 1. The minimum absolute atomic E-state index is 0.0798. The SMILES string of the molecule is Cc1ccccc1-n1nc(C(=O)Nc2cccc3ccccc23)nc1-c1cccc(Cl)c1. The summed E-state index contributed by atoms with van der Waals surface area (Å²) >= 11 is 6.22. The van der Waals surface area contributed by atoms with Crippen molar-refractivity contribution >= 4 is 34.0 Å². The maximum absolute atomic E-state index is 13.2. The molecule has 4 aromatic carbocycles. The molecule has 0 aliphatic rings. The molecule has 0 saturated heterocycles. The number of aryl methyl sites for hydroxylation is 1. The van der Waals surface area contributed by atoms with Gasteiger partial charge in [-0.05, 0) is 42.1 Å². The molecular formula is C26H19ClN4O. The summed E-state index contributed by atoms with van der Waals surface area (Å²) in [6.45, 7) is 1.99. The van der Waals surface area contributed by atoms with Crippen LogP contribution >= 0.6 is 11.6 Å². The molecule has 0 bridgehead atoms. The van der Waals surface area contributed by atoms with Crippen molar-refractivity contribution in [2.75, 3.05) is 5.32 Å². The number of anilines is 1. The molecule has 5 rings (SSSR count). The molecule has 0 radical (unpaired) electrons. The standard InChI is InChI=1S/C26H19ClN4O/c1-17-8-2-5-15-23(17)31-25(19-11-6-12-20(27)16-19)29-24(30-31)26(32)28-22-14-7-10-18-9-3-4-13-21(18)22/h2-16H,1H3,(H,28,32). The van der Waals surface area contributed by atoms with Crippen LogP contribution in [0.4, 0.5) is 5.69 Å². The quantitative estimate of drug-likeness (QED) is 0.358. The number of halogens is 1. The first-order valence-electron chi connectivity index (χ1n) is 10.2. The molecule has 1 N–H and O–H groups in total. The number of amides is 1. The summed E-state index contributed by atoms with van der Waals surface area (Å²) in [5, 5.41) is 10.1. The van der Waals surface area contributed by atoms with Gasteiger partial charge >= 0.3 is 0 Å². The zero-order chi connectivity index (χ0) is 22.1.